The van der Waals surface area contributed by atoms with Gasteiger partial charge in [0.05, 0.1) is 4.53 Å². The fraction of sp³-hybridized carbons (Fsp3) is 0.190. The van der Waals surface area contributed by atoms with Crippen molar-refractivity contribution in [2.24, 2.45) is 0 Å². The van der Waals surface area contributed by atoms with Crippen molar-refractivity contribution < 1.29 is 9.47 Å². The predicted octanol–water partition coefficient (Wildman–Crippen LogP) is 2.28. The van der Waals surface area contributed by atoms with E-state index in [0.717, 1.165) is 11.3 Å². The number of hydrogen-bond acceptors (Lipinski definition) is 7. The van der Waals surface area contributed by atoms with Crippen LogP contribution in [-0.2, 0) is 0 Å². The Morgan fingerprint density at radius 2 is 1.90 bits per heavy atom. The van der Waals surface area contributed by atoms with E-state index in [2.05, 4.69) is 10.1 Å². The number of nitrogens with zero attached hydrogens (tertiary/aromatic N) is 4. The van der Waals surface area contributed by atoms with Gasteiger partial charge >= 0.3 is 0 Å². The maximum absolute atomic E-state index is 12.8. The second-order valence-corrected chi connectivity index (χ2v) is 7.94. The minimum atomic E-state index is -0.442. The summed E-state index contributed by atoms with van der Waals surface area (Å²) in [5.74, 6) is 1.80. The molecule has 0 amide bonds. The second kappa shape index (κ2) is 6.89. The molecule has 0 aliphatic carbocycles. The third kappa shape index (κ3) is 3.21. The molecule has 7 nitrogen and oxygen atoms in total. The average Bonchev–Trinajstić information content (AvgIpc) is 3.28. The summed E-state index contributed by atoms with van der Waals surface area (Å²) < 4.78 is 13.6. The van der Waals surface area contributed by atoms with Crippen molar-refractivity contribution in [2.45, 2.75) is 6.10 Å². The Labute approximate surface area is 170 Å². The SMILES string of the molecule is CN(C)c1ccc(/C=c2\sc3nc([C@@H]4COc5ccccc5O4)nn3c2=O)cc1. The van der Waals surface area contributed by atoms with Crippen molar-refractivity contribution >= 4 is 28.1 Å². The van der Waals surface area contributed by atoms with Crippen LogP contribution in [0.25, 0.3) is 11.0 Å². The monoisotopic (exact) mass is 406 g/mol. The van der Waals surface area contributed by atoms with Gasteiger partial charge in [-0.25, -0.2) is 0 Å². The first-order valence-corrected chi connectivity index (χ1v) is 9.97. The smallest absolute Gasteiger partial charge is 0.291 e. The number of aromatic nitrogens is 3. The second-order valence-electron chi connectivity index (χ2n) is 6.93. The summed E-state index contributed by atoms with van der Waals surface area (Å²) in [6, 6.07) is 15.5. The molecule has 146 valence electrons. The van der Waals surface area contributed by atoms with E-state index in [1.807, 2.05) is 73.6 Å². The Morgan fingerprint density at radius 1 is 1.14 bits per heavy atom. The molecule has 8 heteroatoms. The highest BCUT2D eigenvalue weighted by Gasteiger charge is 2.27. The molecule has 0 saturated heterocycles. The summed E-state index contributed by atoms with van der Waals surface area (Å²) in [4.78, 5) is 19.8. The number of fused-ring (bicyclic) bond motifs is 2. The lowest BCUT2D eigenvalue weighted by molar-refractivity contribution is 0.0852. The molecule has 0 radical (unpaired) electrons. The van der Waals surface area contributed by atoms with Crippen molar-refractivity contribution in [3.05, 3.63) is 74.8 Å². The Morgan fingerprint density at radius 3 is 2.62 bits per heavy atom. The van der Waals surface area contributed by atoms with E-state index < -0.39 is 6.10 Å². The summed E-state index contributed by atoms with van der Waals surface area (Å²) in [7, 11) is 3.98. The number of thiazole rings is 1. The van der Waals surface area contributed by atoms with Crippen molar-refractivity contribution in [2.75, 3.05) is 25.6 Å². The zero-order valence-corrected chi connectivity index (χ0v) is 16.7. The highest BCUT2D eigenvalue weighted by atomic mass is 32.1. The summed E-state index contributed by atoms with van der Waals surface area (Å²) in [6.07, 6.45) is 1.42. The van der Waals surface area contributed by atoms with Gasteiger partial charge in [0.1, 0.15) is 6.61 Å². The fourth-order valence-electron chi connectivity index (χ4n) is 3.15. The Hall–Kier alpha value is -3.39. The minimum absolute atomic E-state index is 0.183. The van der Waals surface area contributed by atoms with Gasteiger partial charge in [0.25, 0.3) is 5.56 Å². The van der Waals surface area contributed by atoms with E-state index in [9.17, 15) is 4.79 Å². The van der Waals surface area contributed by atoms with E-state index in [4.69, 9.17) is 9.47 Å². The molecule has 2 aromatic heterocycles. The van der Waals surface area contributed by atoms with Gasteiger partial charge in [-0.3, -0.25) is 4.79 Å². The lowest BCUT2D eigenvalue weighted by atomic mass is 10.2. The zero-order chi connectivity index (χ0) is 20.0. The summed E-state index contributed by atoms with van der Waals surface area (Å²) in [5, 5.41) is 4.38. The molecule has 0 N–H and O–H groups in total. The summed E-state index contributed by atoms with van der Waals surface area (Å²) in [5.41, 5.74) is 1.88. The van der Waals surface area contributed by atoms with Crippen molar-refractivity contribution in [3.63, 3.8) is 0 Å². The summed E-state index contributed by atoms with van der Waals surface area (Å²) in [6.45, 7) is 0.306. The molecule has 1 aliphatic heterocycles. The molecule has 0 unspecified atom stereocenters. The first kappa shape index (κ1) is 17.7. The van der Waals surface area contributed by atoms with E-state index in [1.54, 1.807) is 0 Å². The Bertz CT molecular complexity index is 1290. The van der Waals surface area contributed by atoms with Crippen LogP contribution in [0.2, 0.25) is 0 Å². The van der Waals surface area contributed by atoms with E-state index in [0.29, 0.717) is 33.4 Å². The van der Waals surface area contributed by atoms with E-state index in [1.165, 1.54) is 15.9 Å². The number of ether oxygens (including phenoxy) is 2. The molecule has 0 fully saturated rings. The van der Waals surface area contributed by atoms with Crippen LogP contribution in [0.1, 0.15) is 17.5 Å². The molecular formula is C21H18N4O3S. The van der Waals surface area contributed by atoms with Gasteiger partial charge in [-0.1, -0.05) is 35.6 Å². The largest absolute Gasteiger partial charge is 0.485 e. The van der Waals surface area contributed by atoms with Crippen LogP contribution in [0.3, 0.4) is 0 Å². The molecular weight excluding hydrogens is 388 g/mol. The molecule has 5 rings (SSSR count). The molecule has 1 aliphatic rings. The number of benzene rings is 2. The predicted molar refractivity (Wildman–Crippen MR) is 112 cm³/mol. The lowest BCUT2D eigenvalue weighted by Gasteiger charge is -2.24. The normalized spacial score (nSPS) is 16.3. The fourth-order valence-corrected chi connectivity index (χ4v) is 4.07. The number of anilines is 1. The maximum atomic E-state index is 12.8. The molecule has 0 spiro atoms. The Kier molecular flexibility index (Phi) is 4.21. The van der Waals surface area contributed by atoms with Gasteiger partial charge in [0, 0.05) is 19.8 Å². The first-order chi connectivity index (χ1) is 14.1. The number of rotatable bonds is 3. The highest BCUT2D eigenvalue weighted by Crippen LogP contribution is 2.35. The van der Waals surface area contributed by atoms with Gasteiger partial charge < -0.3 is 14.4 Å². The van der Waals surface area contributed by atoms with Crippen LogP contribution in [0.4, 0.5) is 5.69 Å². The third-order valence-corrected chi connectivity index (χ3v) is 5.66. The van der Waals surface area contributed by atoms with Crippen molar-refractivity contribution in [1.82, 2.24) is 14.6 Å². The number of para-hydroxylation sites is 2. The van der Waals surface area contributed by atoms with E-state index >= 15 is 0 Å². The van der Waals surface area contributed by atoms with Crippen molar-refractivity contribution in [1.29, 1.82) is 0 Å². The van der Waals surface area contributed by atoms with Crippen LogP contribution < -0.4 is 24.5 Å². The standard InChI is InChI=1S/C21H18N4O3S/c1-24(2)14-9-7-13(8-10-14)11-18-20(26)25-21(29-18)22-19(23-25)17-12-27-15-5-3-4-6-16(15)28-17/h3-11,17H,12H2,1-2H3/b18-11-/t17-/m0/s1. The lowest BCUT2D eigenvalue weighted by Crippen LogP contribution is -2.26. The third-order valence-electron chi connectivity index (χ3n) is 4.70. The quantitative estimate of drug-likeness (QED) is 0.520. The topological polar surface area (TPSA) is 69.0 Å². The van der Waals surface area contributed by atoms with Crippen LogP contribution in [-0.4, -0.2) is 35.3 Å². The zero-order valence-electron chi connectivity index (χ0n) is 15.9. The van der Waals surface area contributed by atoms with Crippen LogP contribution in [0, 0.1) is 0 Å². The Balaban J connectivity index is 1.45. The van der Waals surface area contributed by atoms with Crippen LogP contribution in [0.5, 0.6) is 11.5 Å². The van der Waals surface area contributed by atoms with Gasteiger partial charge in [-0.2, -0.15) is 9.50 Å². The molecule has 2 aromatic carbocycles. The molecule has 0 saturated carbocycles. The van der Waals surface area contributed by atoms with E-state index in [-0.39, 0.29) is 5.56 Å². The molecule has 29 heavy (non-hydrogen) atoms. The molecule has 4 aromatic rings. The average molecular weight is 406 g/mol. The highest BCUT2D eigenvalue weighted by molar-refractivity contribution is 7.15. The molecule has 3 heterocycles. The molecule has 0 bridgehead atoms. The van der Waals surface area contributed by atoms with Gasteiger partial charge in [0.2, 0.25) is 4.96 Å². The van der Waals surface area contributed by atoms with Crippen molar-refractivity contribution in [3.8, 4) is 11.5 Å². The molecule has 1 atom stereocenters. The van der Waals surface area contributed by atoms with Gasteiger partial charge in [-0.15, -0.1) is 5.10 Å². The van der Waals surface area contributed by atoms with Crippen LogP contribution in [0.15, 0.2) is 53.3 Å². The number of hydrogen-bond donors (Lipinski definition) is 0. The van der Waals surface area contributed by atoms with Gasteiger partial charge in [0.15, 0.2) is 23.4 Å². The summed E-state index contributed by atoms with van der Waals surface area (Å²) >= 11 is 1.31. The minimum Gasteiger partial charge on any atom is -0.485 e. The maximum Gasteiger partial charge on any atom is 0.291 e. The first-order valence-electron chi connectivity index (χ1n) is 9.15. The van der Waals surface area contributed by atoms with Crippen LogP contribution >= 0.6 is 11.3 Å². The van der Waals surface area contributed by atoms with Gasteiger partial charge in [-0.05, 0) is 35.9 Å².